The van der Waals surface area contributed by atoms with Crippen LogP contribution >= 0.6 is 0 Å². The van der Waals surface area contributed by atoms with E-state index in [1.54, 1.807) is 5.43 Å². The van der Waals surface area contributed by atoms with Gasteiger partial charge in [0, 0.05) is 16.8 Å². The van der Waals surface area contributed by atoms with Crippen molar-refractivity contribution in [3.8, 4) is 17.2 Å². The summed E-state index contributed by atoms with van der Waals surface area (Å²) in [7, 11) is 4.07. The molecule has 58 heavy (non-hydrogen) atoms. The molecule has 21 heteroatoms. The lowest BCUT2D eigenvalue weighted by Crippen LogP contribution is -2.54. The predicted molar refractivity (Wildman–Crippen MR) is 185 cm³/mol. The minimum absolute atomic E-state index is 0.0996. The number of hydrogen-bond donors (Lipinski definition) is 4. The summed E-state index contributed by atoms with van der Waals surface area (Å²) >= 11 is 0. The van der Waals surface area contributed by atoms with Crippen molar-refractivity contribution in [2.45, 2.75) is 24.6 Å². The molecule has 0 aliphatic rings. The van der Waals surface area contributed by atoms with Gasteiger partial charge in [0.05, 0.1) is 43.6 Å². The SMILES string of the molecule is COc1cc(C(=O)Nc2ccc(C(=O)NNC(=O)[C@@H](OC(=O)c3cccc(C(F)(F)F)c3)[C@@H](OC(=O)c3cccc(C(F)(F)F)c3)C(=O)O)cc2)cc(OC)c1OC. The van der Waals surface area contributed by atoms with E-state index in [1.807, 2.05) is 5.43 Å². The summed E-state index contributed by atoms with van der Waals surface area (Å²) in [4.78, 5) is 77.2. The van der Waals surface area contributed by atoms with Gasteiger partial charge < -0.3 is 34.1 Å². The van der Waals surface area contributed by atoms with Crippen molar-refractivity contribution in [2.24, 2.45) is 0 Å². The van der Waals surface area contributed by atoms with E-state index in [0.717, 1.165) is 24.3 Å². The van der Waals surface area contributed by atoms with Crippen molar-refractivity contribution in [3.63, 3.8) is 0 Å². The number of hydrazine groups is 1. The molecular weight excluding hydrogens is 792 g/mol. The van der Waals surface area contributed by atoms with Crippen LogP contribution in [0.2, 0.25) is 0 Å². The van der Waals surface area contributed by atoms with Gasteiger partial charge in [0.15, 0.2) is 11.5 Å². The molecule has 15 nitrogen and oxygen atoms in total. The molecule has 0 radical (unpaired) electrons. The lowest BCUT2D eigenvalue weighted by Gasteiger charge is -2.24. The molecule has 0 saturated carbocycles. The Hall–Kier alpha value is -7.32. The van der Waals surface area contributed by atoms with Crippen LogP contribution in [-0.4, -0.2) is 74.3 Å². The van der Waals surface area contributed by atoms with E-state index in [4.69, 9.17) is 23.7 Å². The van der Waals surface area contributed by atoms with Crippen LogP contribution < -0.4 is 30.4 Å². The highest BCUT2D eigenvalue weighted by Crippen LogP contribution is 2.38. The summed E-state index contributed by atoms with van der Waals surface area (Å²) in [6.07, 6.45) is -15.5. The number of methoxy groups -OCH3 is 3. The highest BCUT2D eigenvalue weighted by atomic mass is 19.4. The molecule has 4 rings (SSSR count). The van der Waals surface area contributed by atoms with Gasteiger partial charge in [-0.15, -0.1) is 0 Å². The van der Waals surface area contributed by atoms with Crippen molar-refractivity contribution in [3.05, 3.63) is 118 Å². The standard InChI is InChI=1S/C37H29F6N3O12/c1-54-25-16-21(17-26(55-2)27(25)56-3)30(47)44-24-12-10-18(11-13-24)31(48)45-46-32(49)28(57-34(52)19-6-4-8-22(14-19)36(38,39)40)29(33(50)51)58-35(53)20-7-5-9-23(15-20)37(41,42)43/h4-17,28-29H,1-3H3,(H,44,47)(H,45,48)(H,46,49)(H,50,51)/t28-,29+/m0/s1. The number of esters is 2. The molecule has 0 spiro atoms. The zero-order valence-corrected chi connectivity index (χ0v) is 29.9. The third kappa shape index (κ3) is 10.7. The van der Waals surface area contributed by atoms with E-state index in [-0.39, 0.29) is 34.1 Å². The van der Waals surface area contributed by atoms with E-state index in [2.05, 4.69) is 5.32 Å². The molecule has 4 N–H and O–H groups in total. The van der Waals surface area contributed by atoms with Gasteiger partial charge in [-0.1, -0.05) is 12.1 Å². The molecule has 0 aliphatic carbocycles. The van der Waals surface area contributed by atoms with Crippen molar-refractivity contribution >= 4 is 41.3 Å². The summed E-state index contributed by atoms with van der Waals surface area (Å²) < 4.78 is 105. The van der Waals surface area contributed by atoms with Crippen LogP contribution in [0.25, 0.3) is 0 Å². The monoisotopic (exact) mass is 821 g/mol. The zero-order chi connectivity index (χ0) is 42.9. The Balaban J connectivity index is 1.54. The van der Waals surface area contributed by atoms with Gasteiger partial charge in [-0.25, -0.2) is 14.4 Å². The molecule has 306 valence electrons. The molecule has 0 saturated heterocycles. The van der Waals surface area contributed by atoms with Gasteiger partial charge in [-0.3, -0.25) is 25.2 Å². The Morgan fingerprint density at radius 3 is 1.48 bits per heavy atom. The summed E-state index contributed by atoms with van der Waals surface area (Å²) in [5.74, 6) is -8.49. The highest BCUT2D eigenvalue weighted by molar-refractivity contribution is 6.05. The number of rotatable bonds is 13. The number of benzene rings is 4. The van der Waals surface area contributed by atoms with Gasteiger partial charge in [0.2, 0.25) is 18.0 Å². The average Bonchev–Trinajstić information content (AvgIpc) is 3.19. The summed E-state index contributed by atoms with van der Waals surface area (Å²) in [5.41, 5.74) is -0.651. The Bertz CT molecular complexity index is 2190. The maximum Gasteiger partial charge on any atom is 0.416 e. The maximum absolute atomic E-state index is 13.3. The normalized spacial score (nSPS) is 12.2. The first-order chi connectivity index (χ1) is 27.3. The molecule has 0 aliphatic heterocycles. The van der Waals surface area contributed by atoms with Crippen LogP contribution in [0.1, 0.15) is 52.6 Å². The first-order valence-electron chi connectivity index (χ1n) is 16.1. The van der Waals surface area contributed by atoms with Crippen molar-refractivity contribution in [1.82, 2.24) is 10.9 Å². The molecule has 4 aromatic carbocycles. The van der Waals surface area contributed by atoms with Gasteiger partial charge >= 0.3 is 30.3 Å². The second kappa shape index (κ2) is 18.1. The molecule has 0 heterocycles. The Morgan fingerprint density at radius 2 is 1.05 bits per heavy atom. The number of anilines is 1. The zero-order valence-electron chi connectivity index (χ0n) is 29.9. The molecule has 4 aromatic rings. The Labute approximate surface area is 322 Å². The maximum atomic E-state index is 13.3. The number of amides is 3. The lowest BCUT2D eigenvalue weighted by molar-refractivity contribution is -0.159. The smallest absolute Gasteiger partial charge is 0.416 e. The van der Waals surface area contributed by atoms with E-state index >= 15 is 0 Å². The number of nitrogens with one attached hydrogen (secondary N) is 3. The number of carbonyl (C=O) groups is 6. The fraction of sp³-hybridized carbons (Fsp3) is 0.189. The molecule has 0 bridgehead atoms. The van der Waals surface area contributed by atoms with Gasteiger partial charge in [-0.2, -0.15) is 26.3 Å². The largest absolute Gasteiger partial charge is 0.493 e. The van der Waals surface area contributed by atoms with Crippen LogP contribution in [0, 0.1) is 0 Å². The van der Waals surface area contributed by atoms with Gasteiger partial charge in [0.25, 0.3) is 17.7 Å². The van der Waals surface area contributed by atoms with Crippen LogP contribution in [0.4, 0.5) is 32.0 Å². The van der Waals surface area contributed by atoms with Gasteiger partial charge in [-0.05, 0) is 72.8 Å². The van der Waals surface area contributed by atoms with Crippen molar-refractivity contribution in [1.29, 1.82) is 0 Å². The first-order valence-corrected chi connectivity index (χ1v) is 16.1. The fourth-order valence-electron chi connectivity index (χ4n) is 4.89. The molecule has 2 atom stereocenters. The number of hydrogen-bond acceptors (Lipinski definition) is 11. The number of alkyl halides is 6. The topological polar surface area (TPSA) is 205 Å². The van der Waals surface area contributed by atoms with E-state index in [1.165, 1.54) is 57.7 Å². The first kappa shape index (κ1) is 43.4. The summed E-state index contributed by atoms with van der Waals surface area (Å²) in [6.45, 7) is 0. The quantitative estimate of drug-likeness (QED) is 0.0771. The molecular formula is C37H29F6N3O12. The molecule has 0 fully saturated rings. The van der Waals surface area contributed by atoms with Crippen LogP contribution in [0.3, 0.4) is 0 Å². The van der Waals surface area contributed by atoms with Gasteiger partial charge in [0.1, 0.15) is 0 Å². The highest BCUT2D eigenvalue weighted by Gasteiger charge is 2.42. The Kier molecular flexibility index (Phi) is 13.5. The second-order valence-electron chi connectivity index (χ2n) is 11.5. The predicted octanol–water partition coefficient (Wildman–Crippen LogP) is 5.30. The fourth-order valence-corrected chi connectivity index (χ4v) is 4.89. The van der Waals surface area contributed by atoms with Crippen molar-refractivity contribution in [2.75, 3.05) is 26.6 Å². The molecule has 0 unspecified atom stereocenters. The number of halogens is 6. The van der Waals surface area contributed by atoms with Crippen LogP contribution in [0.15, 0.2) is 84.9 Å². The van der Waals surface area contributed by atoms with Crippen LogP contribution in [0.5, 0.6) is 17.2 Å². The van der Waals surface area contributed by atoms with Crippen LogP contribution in [-0.2, 0) is 31.4 Å². The molecule has 3 amide bonds. The lowest BCUT2D eigenvalue weighted by atomic mass is 10.1. The number of carbonyl (C=O) groups excluding carboxylic acids is 5. The minimum Gasteiger partial charge on any atom is -0.493 e. The number of ether oxygens (including phenoxy) is 5. The third-order valence-electron chi connectivity index (χ3n) is 7.73. The minimum atomic E-state index is -4.95. The third-order valence-corrected chi connectivity index (χ3v) is 7.73. The number of aliphatic carboxylic acids is 1. The number of carboxylic acid groups (broad SMARTS) is 1. The summed E-state index contributed by atoms with van der Waals surface area (Å²) in [5, 5.41) is 12.5. The van der Waals surface area contributed by atoms with E-state index in [0.29, 0.717) is 24.3 Å². The number of carboxylic acids is 1. The van der Waals surface area contributed by atoms with Crippen molar-refractivity contribution < 1.29 is 83.9 Å². The van der Waals surface area contributed by atoms with E-state index < -0.39 is 82.4 Å². The summed E-state index contributed by atoms with van der Waals surface area (Å²) in [6, 6.07) is 12.7. The van der Waals surface area contributed by atoms with E-state index in [9.17, 15) is 60.2 Å². The Morgan fingerprint density at radius 1 is 0.569 bits per heavy atom. The molecule has 0 aromatic heterocycles. The second-order valence-corrected chi connectivity index (χ2v) is 11.5. The average molecular weight is 822 g/mol.